The maximum atomic E-state index is 13.1. The lowest BCUT2D eigenvalue weighted by atomic mass is 10.1. The summed E-state index contributed by atoms with van der Waals surface area (Å²) in [4.78, 5) is 23.2. The number of nitro benzene ring substituents is 1. The third-order valence-electron chi connectivity index (χ3n) is 4.56. The van der Waals surface area contributed by atoms with Crippen LogP contribution in [0.2, 0.25) is 0 Å². The zero-order chi connectivity index (χ0) is 24.2. The van der Waals surface area contributed by atoms with Crippen molar-refractivity contribution in [3.63, 3.8) is 0 Å². The number of hydrogen-bond donors (Lipinski definition) is 2. The molecular formula is C22H14F4N4O3. The second-order valence-electron chi connectivity index (χ2n) is 6.79. The summed E-state index contributed by atoms with van der Waals surface area (Å²) in [6.45, 7) is 0.151. The first kappa shape index (κ1) is 23.2. The van der Waals surface area contributed by atoms with Crippen molar-refractivity contribution in [1.82, 2.24) is 0 Å². The van der Waals surface area contributed by atoms with Crippen LogP contribution < -0.4 is 10.6 Å². The highest BCUT2D eigenvalue weighted by molar-refractivity contribution is 6.05. The van der Waals surface area contributed by atoms with Gasteiger partial charge in [-0.2, -0.15) is 18.4 Å². The number of nitrogens with one attached hydrogen (secondary N) is 2. The van der Waals surface area contributed by atoms with E-state index in [1.165, 1.54) is 42.5 Å². The Morgan fingerprint density at radius 1 is 1.06 bits per heavy atom. The van der Waals surface area contributed by atoms with Gasteiger partial charge in [-0.25, -0.2) is 4.39 Å². The molecule has 0 heterocycles. The molecule has 11 heteroatoms. The summed E-state index contributed by atoms with van der Waals surface area (Å²) in [5.41, 5.74) is -1.88. The van der Waals surface area contributed by atoms with Gasteiger partial charge in [-0.1, -0.05) is 12.1 Å². The molecule has 3 aromatic rings. The highest BCUT2D eigenvalue weighted by Crippen LogP contribution is 2.34. The van der Waals surface area contributed by atoms with Gasteiger partial charge < -0.3 is 10.6 Å². The van der Waals surface area contributed by atoms with Crippen LogP contribution in [-0.2, 0) is 12.7 Å². The van der Waals surface area contributed by atoms with Crippen LogP contribution in [0, 0.1) is 27.3 Å². The summed E-state index contributed by atoms with van der Waals surface area (Å²) >= 11 is 0. The van der Waals surface area contributed by atoms with Gasteiger partial charge in [0.05, 0.1) is 22.1 Å². The highest BCUT2D eigenvalue weighted by atomic mass is 19.4. The Morgan fingerprint density at radius 3 is 2.36 bits per heavy atom. The molecule has 2 N–H and O–H groups in total. The van der Waals surface area contributed by atoms with E-state index in [4.69, 9.17) is 5.26 Å². The minimum atomic E-state index is -4.80. The Bertz CT molecular complexity index is 1250. The van der Waals surface area contributed by atoms with Crippen molar-refractivity contribution in [2.75, 3.05) is 10.6 Å². The number of carbonyl (C=O) groups excluding carboxylic acids is 1. The molecule has 0 fully saturated rings. The molecule has 0 aliphatic rings. The summed E-state index contributed by atoms with van der Waals surface area (Å²) in [5, 5.41) is 25.4. The molecule has 0 aliphatic heterocycles. The van der Waals surface area contributed by atoms with Crippen LogP contribution in [0.15, 0.2) is 60.7 Å². The number of halogens is 4. The molecule has 3 rings (SSSR count). The zero-order valence-corrected chi connectivity index (χ0v) is 16.6. The highest BCUT2D eigenvalue weighted by Gasteiger charge is 2.34. The van der Waals surface area contributed by atoms with Gasteiger partial charge in [-0.15, -0.1) is 0 Å². The minimum Gasteiger partial charge on any atom is -0.375 e. The Hall–Kier alpha value is -4.46. The van der Waals surface area contributed by atoms with E-state index in [0.717, 1.165) is 18.2 Å². The molecule has 0 atom stereocenters. The zero-order valence-electron chi connectivity index (χ0n) is 16.6. The van der Waals surface area contributed by atoms with Gasteiger partial charge in [-0.05, 0) is 48.0 Å². The van der Waals surface area contributed by atoms with E-state index in [0.29, 0.717) is 11.6 Å². The van der Waals surface area contributed by atoms with E-state index in [-0.39, 0.29) is 23.5 Å². The fourth-order valence-corrected chi connectivity index (χ4v) is 2.93. The van der Waals surface area contributed by atoms with E-state index in [2.05, 4.69) is 10.6 Å². The number of nitro groups is 1. The Labute approximate surface area is 184 Å². The van der Waals surface area contributed by atoms with E-state index >= 15 is 0 Å². The Kier molecular flexibility index (Phi) is 6.58. The van der Waals surface area contributed by atoms with Gasteiger partial charge >= 0.3 is 6.18 Å². The fourth-order valence-electron chi connectivity index (χ4n) is 2.93. The van der Waals surface area contributed by atoms with Gasteiger partial charge in [0.1, 0.15) is 11.5 Å². The lowest BCUT2D eigenvalue weighted by Gasteiger charge is -2.12. The monoisotopic (exact) mass is 458 g/mol. The average molecular weight is 458 g/mol. The van der Waals surface area contributed by atoms with E-state index < -0.39 is 39.6 Å². The van der Waals surface area contributed by atoms with Crippen LogP contribution in [0.3, 0.4) is 0 Å². The molecule has 0 saturated heterocycles. The molecule has 0 aliphatic carbocycles. The smallest absolute Gasteiger partial charge is 0.375 e. The topological polar surface area (TPSA) is 108 Å². The number of benzene rings is 3. The molecule has 7 nitrogen and oxygen atoms in total. The number of amides is 1. The lowest BCUT2D eigenvalue weighted by molar-refractivity contribution is -0.384. The lowest BCUT2D eigenvalue weighted by Crippen LogP contribution is -2.14. The van der Waals surface area contributed by atoms with Gasteiger partial charge in [0.15, 0.2) is 0 Å². The van der Waals surface area contributed by atoms with Crippen LogP contribution in [-0.4, -0.2) is 10.8 Å². The quantitative estimate of drug-likeness (QED) is 0.289. The van der Waals surface area contributed by atoms with Crippen LogP contribution >= 0.6 is 0 Å². The summed E-state index contributed by atoms with van der Waals surface area (Å²) in [7, 11) is 0. The molecule has 0 saturated carbocycles. The maximum absolute atomic E-state index is 13.1. The standard InChI is InChI=1S/C22H14F4N4O3/c23-16-5-1-13(2-6-16)12-28-19-8-4-14(9-20(19)30(32)33)21(31)29-17-7-3-15(11-27)18(10-17)22(24,25)26/h1-10,28H,12H2,(H,29,31). The SMILES string of the molecule is N#Cc1ccc(NC(=O)c2ccc(NCc3ccc(F)cc3)c([N+](=O)[O-])c2)cc1C(F)(F)F. The molecule has 0 unspecified atom stereocenters. The summed E-state index contributed by atoms with van der Waals surface area (Å²) in [5.74, 6) is -1.30. The second kappa shape index (κ2) is 9.35. The van der Waals surface area contributed by atoms with Crippen molar-refractivity contribution in [2.24, 2.45) is 0 Å². The molecule has 168 valence electrons. The molecule has 33 heavy (non-hydrogen) atoms. The van der Waals surface area contributed by atoms with Crippen molar-refractivity contribution < 1.29 is 27.3 Å². The van der Waals surface area contributed by atoms with E-state index in [1.807, 2.05) is 0 Å². The first-order valence-electron chi connectivity index (χ1n) is 9.28. The summed E-state index contributed by atoms with van der Waals surface area (Å²) < 4.78 is 52.3. The van der Waals surface area contributed by atoms with Crippen molar-refractivity contribution in [3.8, 4) is 6.07 Å². The number of hydrogen-bond acceptors (Lipinski definition) is 5. The predicted molar refractivity (Wildman–Crippen MR) is 111 cm³/mol. The maximum Gasteiger partial charge on any atom is 0.417 e. The van der Waals surface area contributed by atoms with Gasteiger partial charge in [-0.3, -0.25) is 14.9 Å². The van der Waals surface area contributed by atoms with Crippen molar-refractivity contribution >= 4 is 23.0 Å². The summed E-state index contributed by atoms with van der Waals surface area (Å²) in [6, 6.07) is 13.1. The second-order valence-corrected chi connectivity index (χ2v) is 6.79. The normalized spacial score (nSPS) is 10.9. The summed E-state index contributed by atoms with van der Waals surface area (Å²) in [6.07, 6.45) is -4.80. The van der Waals surface area contributed by atoms with Crippen LogP contribution in [0.1, 0.15) is 27.0 Å². The Balaban J connectivity index is 1.81. The molecule has 0 bridgehead atoms. The number of alkyl halides is 3. The molecule has 3 aromatic carbocycles. The number of nitrogens with zero attached hydrogens (tertiary/aromatic N) is 2. The molecule has 0 aromatic heterocycles. The largest absolute Gasteiger partial charge is 0.417 e. The van der Waals surface area contributed by atoms with Gasteiger partial charge in [0, 0.05) is 23.9 Å². The van der Waals surface area contributed by atoms with Crippen molar-refractivity contribution in [1.29, 1.82) is 5.26 Å². The fraction of sp³-hybridized carbons (Fsp3) is 0.0909. The van der Waals surface area contributed by atoms with Crippen molar-refractivity contribution in [2.45, 2.75) is 12.7 Å². The van der Waals surface area contributed by atoms with Gasteiger partial charge in [0.2, 0.25) is 0 Å². The number of anilines is 2. The van der Waals surface area contributed by atoms with Gasteiger partial charge in [0.25, 0.3) is 11.6 Å². The number of rotatable bonds is 6. The number of carbonyl (C=O) groups is 1. The third kappa shape index (κ3) is 5.62. The minimum absolute atomic E-state index is 0.0959. The molecule has 0 radical (unpaired) electrons. The van der Waals surface area contributed by atoms with E-state index in [1.54, 1.807) is 0 Å². The average Bonchev–Trinajstić information content (AvgIpc) is 2.78. The van der Waals surface area contributed by atoms with E-state index in [9.17, 15) is 32.5 Å². The molecule has 0 spiro atoms. The Morgan fingerprint density at radius 2 is 1.76 bits per heavy atom. The third-order valence-corrected chi connectivity index (χ3v) is 4.56. The predicted octanol–water partition coefficient (Wildman–Crippen LogP) is 5.49. The van der Waals surface area contributed by atoms with Crippen LogP contribution in [0.4, 0.5) is 34.6 Å². The van der Waals surface area contributed by atoms with Crippen molar-refractivity contribution in [3.05, 3.63) is 98.8 Å². The van der Waals surface area contributed by atoms with Crippen LogP contribution in [0.25, 0.3) is 0 Å². The number of nitriles is 1. The molecular weight excluding hydrogens is 444 g/mol. The molecule has 1 amide bonds. The van der Waals surface area contributed by atoms with Crippen LogP contribution in [0.5, 0.6) is 0 Å². The first-order valence-corrected chi connectivity index (χ1v) is 9.28. The first-order chi connectivity index (χ1) is 15.6.